The van der Waals surface area contributed by atoms with Crippen molar-refractivity contribution in [1.82, 2.24) is 20.4 Å². The zero-order valence-corrected chi connectivity index (χ0v) is 29.0. The van der Waals surface area contributed by atoms with Crippen LogP contribution in [0.1, 0.15) is 102 Å². The lowest BCUT2D eigenvalue weighted by Crippen LogP contribution is -2.53. The average molecular weight is 637 g/mol. The predicted octanol–water partition coefficient (Wildman–Crippen LogP) is 6.71. The maximum atomic E-state index is 12.8. The Bertz CT molecular complexity index is 1070. The number of methoxy groups -OCH3 is 2. The highest BCUT2D eigenvalue weighted by atomic mass is 16.5. The molecule has 0 bridgehead atoms. The minimum absolute atomic E-state index is 0.0368. The molecule has 1 fully saturated rings. The molecule has 2 amide bonds. The summed E-state index contributed by atoms with van der Waals surface area (Å²) in [5, 5.41) is 6.52. The van der Waals surface area contributed by atoms with Gasteiger partial charge in [-0.25, -0.2) is 0 Å². The Morgan fingerprint density at radius 1 is 0.652 bits per heavy atom. The third-order valence-corrected chi connectivity index (χ3v) is 9.28. The van der Waals surface area contributed by atoms with Gasteiger partial charge < -0.3 is 20.1 Å². The number of amides is 2. The summed E-state index contributed by atoms with van der Waals surface area (Å²) in [5.74, 6) is 2.10. The van der Waals surface area contributed by atoms with E-state index in [2.05, 4.69) is 58.5 Å². The van der Waals surface area contributed by atoms with E-state index in [1.54, 1.807) is 14.2 Å². The Morgan fingerprint density at radius 3 is 1.46 bits per heavy atom. The number of nitrogens with one attached hydrogen (secondary N) is 2. The number of ether oxygens (including phenoxy) is 2. The monoisotopic (exact) mass is 636 g/mol. The van der Waals surface area contributed by atoms with E-state index < -0.39 is 0 Å². The van der Waals surface area contributed by atoms with Crippen LogP contribution in [-0.4, -0.2) is 74.1 Å². The fourth-order valence-corrected chi connectivity index (χ4v) is 6.48. The van der Waals surface area contributed by atoms with Gasteiger partial charge in [0.15, 0.2) is 0 Å². The van der Waals surface area contributed by atoms with Gasteiger partial charge in [-0.2, -0.15) is 0 Å². The van der Waals surface area contributed by atoms with Crippen molar-refractivity contribution in [2.75, 3.05) is 40.4 Å². The highest BCUT2D eigenvalue weighted by Gasteiger charge is 2.27. The maximum absolute atomic E-state index is 12.8. The molecule has 0 aromatic heterocycles. The lowest BCUT2D eigenvalue weighted by atomic mass is 9.90. The molecule has 0 aliphatic heterocycles. The molecule has 0 heterocycles. The first-order valence-electron chi connectivity index (χ1n) is 17.7. The topological polar surface area (TPSA) is 83.1 Å². The summed E-state index contributed by atoms with van der Waals surface area (Å²) in [5.41, 5.74) is 2.42. The Morgan fingerprint density at radius 2 is 1.07 bits per heavy atom. The van der Waals surface area contributed by atoms with Crippen molar-refractivity contribution in [2.24, 2.45) is 0 Å². The number of unbranched alkanes of at least 4 members (excludes halogenated alkanes) is 4. The number of benzene rings is 2. The van der Waals surface area contributed by atoms with Crippen LogP contribution in [0, 0.1) is 0 Å². The number of carbonyl (C=O) groups excluding carboxylic acids is 2. The summed E-state index contributed by atoms with van der Waals surface area (Å²) in [6.45, 7) is 10.1. The molecule has 1 saturated carbocycles. The number of rotatable bonds is 22. The summed E-state index contributed by atoms with van der Waals surface area (Å²) < 4.78 is 11.0. The zero-order chi connectivity index (χ0) is 33.0. The molecule has 8 nitrogen and oxygen atoms in total. The van der Waals surface area contributed by atoms with Gasteiger partial charge in [0.05, 0.1) is 14.2 Å². The largest absolute Gasteiger partial charge is 0.496 e. The summed E-state index contributed by atoms with van der Waals surface area (Å²) >= 11 is 0. The van der Waals surface area contributed by atoms with Gasteiger partial charge >= 0.3 is 0 Å². The fraction of sp³-hybridized carbons (Fsp3) is 0.632. The molecule has 2 aromatic carbocycles. The maximum Gasteiger partial charge on any atom is 0.220 e. The quantitative estimate of drug-likeness (QED) is 0.140. The van der Waals surface area contributed by atoms with Gasteiger partial charge in [0.25, 0.3) is 0 Å². The Kier molecular flexibility index (Phi) is 17.6. The molecule has 46 heavy (non-hydrogen) atoms. The molecular formula is C38H60N4O4. The molecule has 3 rings (SSSR count). The van der Waals surface area contributed by atoms with E-state index in [0.29, 0.717) is 12.8 Å². The van der Waals surface area contributed by atoms with Gasteiger partial charge in [0.1, 0.15) is 11.5 Å². The first-order valence-corrected chi connectivity index (χ1v) is 17.7. The second-order valence-electron chi connectivity index (χ2n) is 12.6. The normalized spacial score (nSPS) is 16.4. The van der Waals surface area contributed by atoms with Gasteiger partial charge in [0.2, 0.25) is 11.8 Å². The zero-order valence-electron chi connectivity index (χ0n) is 29.0. The van der Waals surface area contributed by atoms with Crippen molar-refractivity contribution in [3.63, 3.8) is 0 Å². The Labute approximate surface area is 278 Å². The Hall–Kier alpha value is -3.10. The van der Waals surface area contributed by atoms with Crippen LogP contribution in [0.25, 0.3) is 0 Å². The van der Waals surface area contributed by atoms with Crippen LogP contribution in [0.2, 0.25) is 0 Å². The highest BCUT2D eigenvalue weighted by Crippen LogP contribution is 2.22. The third-order valence-electron chi connectivity index (χ3n) is 9.28. The lowest BCUT2D eigenvalue weighted by Gasteiger charge is -2.33. The van der Waals surface area contributed by atoms with Crippen LogP contribution in [0.3, 0.4) is 0 Å². The number of nitrogens with zero attached hydrogens (tertiary/aromatic N) is 2. The second kappa shape index (κ2) is 21.6. The van der Waals surface area contributed by atoms with Crippen molar-refractivity contribution in [3.8, 4) is 11.5 Å². The number of hydrogen-bond acceptors (Lipinski definition) is 6. The van der Waals surface area contributed by atoms with Crippen molar-refractivity contribution in [1.29, 1.82) is 0 Å². The molecule has 2 N–H and O–H groups in total. The van der Waals surface area contributed by atoms with Crippen molar-refractivity contribution in [3.05, 3.63) is 59.7 Å². The van der Waals surface area contributed by atoms with Crippen LogP contribution < -0.4 is 20.1 Å². The van der Waals surface area contributed by atoms with E-state index in [1.165, 1.54) is 11.1 Å². The molecule has 8 heteroatoms. The smallest absolute Gasteiger partial charge is 0.220 e. The average Bonchev–Trinajstić information content (AvgIpc) is 3.08. The van der Waals surface area contributed by atoms with Crippen LogP contribution in [0.5, 0.6) is 11.5 Å². The van der Waals surface area contributed by atoms with E-state index in [0.717, 1.165) is 115 Å². The van der Waals surface area contributed by atoms with Crippen molar-refractivity contribution < 1.29 is 19.1 Å². The molecule has 0 spiro atoms. The first-order chi connectivity index (χ1) is 22.5. The molecule has 2 aromatic rings. The third kappa shape index (κ3) is 13.3. The second-order valence-corrected chi connectivity index (χ2v) is 12.6. The predicted molar refractivity (Wildman–Crippen MR) is 187 cm³/mol. The number of para-hydroxylation sites is 2. The Balaban J connectivity index is 1.29. The summed E-state index contributed by atoms with van der Waals surface area (Å²) in [6, 6.07) is 16.5. The van der Waals surface area contributed by atoms with E-state index in [1.807, 2.05) is 24.3 Å². The van der Waals surface area contributed by atoms with E-state index in [9.17, 15) is 9.59 Å². The van der Waals surface area contributed by atoms with Crippen LogP contribution in [-0.2, 0) is 22.7 Å². The minimum atomic E-state index is 0.0368. The van der Waals surface area contributed by atoms with Gasteiger partial charge in [-0.05, 0) is 76.8 Å². The number of hydrogen-bond donors (Lipinski definition) is 2. The van der Waals surface area contributed by atoms with E-state index in [4.69, 9.17) is 9.47 Å². The minimum Gasteiger partial charge on any atom is -0.496 e. The standard InChI is InChI=1S/C38H60N4O4/c1-5-41(29-31-19-11-15-23-35(31)45-3)27-17-7-9-25-37(43)39-33-21-13-14-22-34(33)40-38(44)26-10-8-18-28-42(6-2)30-32-20-12-16-24-36(32)46-4/h11-12,15-16,19-20,23-24,33-34H,5-10,13-14,17-18,21-22,25-30H2,1-4H3,(H,39,43)(H,40,44)/t33-,34-/m0/s1. The fourth-order valence-electron chi connectivity index (χ4n) is 6.48. The summed E-state index contributed by atoms with van der Waals surface area (Å²) in [4.78, 5) is 30.5. The van der Waals surface area contributed by atoms with Crippen LogP contribution in [0.15, 0.2) is 48.5 Å². The molecule has 0 unspecified atom stereocenters. The number of carbonyl (C=O) groups is 2. The van der Waals surface area contributed by atoms with Gasteiger partial charge in [-0.3, -0.25) is 19.4 Å². The van der Waals surface area contributed by atoms with Gasteiger partial charge in [-0.15, -0.1) is 0 Å². The molecule has 1 aliphatic carbocycles. The van der Waals surface area contributed by atoms with Crippen molar-refractivity contribution >= 4 is 11.8 Å². The first kappa shape index (κ1) is 37.4. The van der Waals surface area contributed by atoms with Crippen LogP contribution in [0.4, 0.5) is 0 Å². The molecular weight excluding hydrogens is 576 g/mol. The van der Waals surface area contributed by atoms with E-state index in [-0.39, 0.29) is 23.9 Å². The lowest BCUT2D eigenvalue weighted by molar-refractivity contribution is -0.125. The molecule has 0 radical (unpaired) electrons. The van der Waals surface area contributed by atoms with Crippen LogP contribution >= 0.6 is 0 Å². The molecule has 2 atom stereocenters. The van der Waals surface area contributed by atoms with Crippen molar-refractivity contribution in [2.45, 2.75) is 116 Å². The molecule has 256 valence electrons. The molecule has 0 saturated heterocycles. The van der Waals surface area contributed by atoms with E-state index >= 15 is 0 Å². The SMILES string of the molecule is CCN(CCCCCC(=O)N[C@H]1CCCC[C@@H]1NC(=O)CCCCCN(CC)Cc1ccccc1OC)Cc1ccccc1OC. The molecule has 1 aliphatic rings. The van der Waals surface area contributed by atoms with Gasteiger partial charge in [0, 0.05) is 49.1 Å². The summed E-state index contributed by atoms with van der Waals surface area (Å²) in [7, 11) is 3.44. The van der Waals surface area contributed by atoms with Gasteiger partial charge in [-0.1, -0.05) is 75.9 Å². The highest BCUT2D eigenvalue weighted by molar-refractivity contribution is 5.77. The summed E-state index contributed by atoms with van der Waals surface area (Å²) in [6.07, 6.45) is 11.1.